The van der Waals surface area contributed by atoms with E-state index in [9.17, 15) is 4.79 Å². The predicted octanol–water partition coefficient (Wildman–Crippen LogP) is 2.08. The van der Waals surface area contributed by atoms with E-state index >= 15 is 0 Å². The Morgan fingerprint density at radius 1 is 1.43 bits per heavy atom. The third-order valence-corrected chi connectivity index (χ3v) is 4.01. The molecule has 2 heterocycles. The molecule has 0 unspecified atom stereocenters. The molecule has 0 aliphatic rings. The maximum atomic E-state index is 12.0. The van der Waals surface area contributed by atoms with Gasteiger partial charge < -0.3 is 13.8 Å². The molecule has 3 rings (SSSR count). The molecule has 0 aliphatic carbocycles. The number of rotatable bonds is 4. The number of methoxy groups -OCH3 is 1. The van der Waals surface area contributed by atoms with Crippen molar-refractivity contribution in [1.29, 1.82) is 0 Å². The van der Waals surface area contributed by atoms with Gasteiger partial charge in [-0.15, -0.1) is 0 Å². The maximum Gasteiger partial charge on any atom is 0.318 e. The molecule has 0 spiro atoms. The van der Waals surface area contributed by atoms with Crippen molar-refractivity contribution in [1.82, 2.24) is 9.72 Å². The lowest BCUT2D eigenvalue weighted by molar-refractivity contribution is 0.0962. The van der Waals surface area contributed by atoms with Crippen LogP contribution in [0, 0.1) is 0 Å². The first-order valence-corrected chi connectivity index (χ1v) is 7.18. The van der Waals surface area contributed by atoms with Crippen LogP contribution < -0.4 is 4.80 Å². The number of carbonyl (C=O) groups excluding carboxylic acids is 1. The largest absolute Gasteiger partial charge is 0.383 e. The Balaban J connectivity index is 2.10. The molecule has 0 saturated heterocycles. The highest BCUT2D eigenvalue weighted by atomic mass is 32.1. The van der Waals surface area contributed by atoms with Crippen molar-refractivity contribution in [2.24, 2.45) is 4.99 Å². The van der Waals surface area contributed by atoms with Crippen LogP contribution in [0.3, 0.4) is 0 Å². The first-order valence-electron chi connectivity index (χ1n) is 6.36. The van der Waals surface area contributed by atoms with Gasteiger partial charge in [0, 0.05) is 19.7 Å². The molecule has 0 atom stereocenters. The summed E-state index contributed by atoms with van der Waals surface area (Å²) in [6.07, 6.45) is 1.42. The molecule has 0 aliphatic heterocycles. The number of thiazole rings is 1. The van der Waals surface area contributed by atoms with Crippen LogP contribution in [-0.2, 0) is 11.3 Å². The van der Waals surface area contributed by atoms with Crippen LogP contribution in [0.2, 0.25) is 0 Å². The van der Waals surface area contributed by atoms with Crippen molar-refractivity contribution < 1.29 is 14.1 Å². The second kappa shape index (κ2) is 6.02. The van der Waals surface area contributed by atoms with Crippen LogP contribution >= 0.6 is 11.3 Å². The number of benzene rings is 1. The zero-order valence-corrected chi connectivity index (χ0v) is 12.2. The van der Waals surface area contributed by atoms with Crippen molar-refractivity contribution in [2.45, 2.75) is 6.54 Å². The van der Waals surface area contributed by atoms with Gasteiger partial charge in [-0.25, -0.2) is 0 Å². The van der Waals surface area contributed by atoms with Gasteiger partial charge in [-0.3, -0.25) is 4.79 Å². The molecule has 0 radical (unpaired) electrons. The number of carbonyl (C=O) groups is 1. The van der Waals surface area contributed by atoms with E-state index in [2.05, 4.69) is 10.1 Å². The third-order valence-electron chi connectivity index (χ3n) is 2.95. The summed E-state index contributed by atoms with van der Waals surface area (Å²) < 4.78 is 13.0. The van der Waals surface area contributed by atoms with E-state index in [0.29, 0.717) is 18.0 Å². The minimum Gasteiger partial charge on any atom is -0.383 e. The summed E-state index contributed by atoms with van der Waals surface area (Å²) in [5, 5.41) is 3.52. The van der Waals surface area contributed by atoms with E-state index in [-0.39, 0.29) is 5.76 Å². The molecule has 1 aromatic carbocycles. The van der Waals surface area contributed by atoms with Gasteiger partial charge in [-0.1, -0.05) is 28.6 Å². The number of hydrogen-bond donors (Lipinski definition) is 0. The normalized spacial score (nSPS) is 12.1. The van der Waals surface area contributed by atoms with Gasteiger partial charge in [0.25, 0.3) is 0 Å². The lowest BCUT2D eigenvalue weighted by Gasteiger charge is -2.03. The average Bonchev–Trinajstić information content (AvgIpc) is 3.13. The topological polar surface area (TPSA) is 69.6 Å². The second-order valence-corrected chi connectivity index (χ2v) is 5.30. The molecule has 2 aromatic heterocycles. The van der Waals surface area contributed by atoms with E-state index in [0.717, 1.165) is 10.2 Å². The summed E-state index contributed by atoms with van der Waals surface area (Å²) in [4.78, 5) is 16.8. The number of amides is 1. The average molecular weight is 303 g/mol. The monoisotopic (exact) mass is 303 g/mol. The predicted molar refractivity (Wildman–Crippen MR) is 78.1 cm³/mol. The molecule has 108 valence electrons. The smallest absolute Gasteiger partial charge is 0.318 e. The van der Waals surface area contributed by atoms with Crippen molar-refractivity contribution in [2.75, 3.05) is 13.7 Å². The zero-order valence-electron chi connectivity index (χ0n) is 11.4. The van der Waals surface area contributed by atoms with Crippen LogP contribution in [-0.4, -0.2) is 29.3 Å². The number of fused-ring (bicyclic) bond motifs is 1. The summed E-state index contributed by atoms with van der Waals surface area (Å²) in [5.74, 6) is -0.309. The Hall–Kier alpha value is -2.25. The van der Waals surface area contributed by atoms with E-state index in [4.69, 9.17) is 9.26 Å². The summed E-state index contributed by atoms with van der Waals surface area (Å²) in [7, 11) is 1.64. The Labute approximate surface area is 124 Å². The fourth-order valence-corrected chi connectivity index (χ4v) is 3.03. The molecular formula is C14H13N3O3S. The second-order valence-electron chi connectivity index (χ2n) is 4.29. The summed E-state index contributed by atoms with van der Waals surface area (Å²) >= 11 is 1.46. The maximum absolute atomic E-state index is 12.0. The quantitative estimate of drug-likeness (QED) is 0.740. The Morgan fingerprint density at radius 2 is 2.29 bits per heavy atom. The van der Waals surface area contributed by atoms with E-state index in [1.54, 1.807) is 7.11 Å². The minimum absolute atomic E-state index is 0.130. The highest BCUT2D eigenvalue weighted by Gasteiger charge is 2.11. The number of nitrogens with zero attached hydrogens (tertiary/aromatic N) is 3. The molecule has 0 N–H and O–H groups in total. The third kappa shape index (κ3) is 2.79. The van der Waals surface area contributed by atoms with Crippen LogP contribution in [0.15, 0.2) is 46.0 Å². The molecule has 0 bridgehead atoms. The first kappa shape index (κ1) is 13.7. The first-order chi connectivity index (χ1) is 10.3. The fraction of sp³-hybridized carbons (Fsp3) is 0.214. The van der Waals surface area contributed by atoms with Gasteiger partial charge in [0.05, 0.1) is 23.0 Å². The Bertz CT molecular complexity index is 817. The lowest BCUT2D eigenvalue weighted by atomic mass is 10.3. The number of ether oxygens (including phenoxy) is 1. The Kier molecular flexibility index (Phi) is 3.94. The number of aromatic nitrogens is 2. The van der Waals surface area contributed by atoms with Gasteiger partial charge in [0.2, 0.25) is 5.76 Å². The highest BCUT2D eigenvalue weighted by molar-refractivity contribution is 7.16. The van der Waals surface area contributed by atoms with Crippen molar-refractivity contribution >= 4 is 27.5 Å². The highest BCUT2D eigenvalue weighted by Crippen LogP contribution is 2.16. The molecule has 7 heteroatoms. The van der Waals surface area contributed by atoms with Crippen molar-refractivity contribution in [3.8, 4) is 0 Å². The van der Waals surface area contributed by atoms with Crippen molar-refractivity contribution in [3.63, 3.8) is 0 Å². The molecular weight excluding hydrogens is 290 g/mol. The van der Waals surface area contributed by atoms with Crippen LogP contribution in [0.1, 0.15) is 10.6 Å². The van der Waals surface area contributed by atoms with Gasteiger partial charge in [-0.05, 0) is 12.1 Å². The summed E-state index contributed by atoms with van der Waals surface area (Å²) in [6, 6.07) is 9.42. The minimum atomic E-state index is -0.440. The van der Waals surface area contributed by atoms with Gasteiger partial charge in [0.15, 0.2) is 4.80 Å². The SMILES string of the molecule is COCCn1c(=NC(=O)c2ccno2)sc2ccccc21. The molecule has 6 nitrogen and oxygen atoms in total. The summed E-state index contributed by atoms with van der Waals surface area (Å²) in [6.45, 7) is 1.17. The van der Waals surface area contributed by atoms with Crippen LogP contribution in [0.25, 0.3) is 10.2 Å². The summed E-state index contributed by atoms with van der Waals surface area (Å²) in [5.41, 5.74) is 1.03. The standard InChI is InChI=1S/C14H13N3O3S/c1-19-9-8-17-10-4-2-3-5-12(10)21-14(17)16-13(18)11-6-7-15-20-11/h2-7H,8-9H2,1H3. The van der Waals surface area contributed by atoms with E-state index in [1.165, 1.54) is 23.6 Å². The van der Waals surface area contributed by atoms with Crippen molar-refractivity contribution in [3.05, 3.63) is 47.1 Å². The number of hydrogen-bond acceptors (Lipinski definition) is 5. The lowest BCUT2D eigenvalue weighted by Crippen LogP contribution is -2.19. The molecule has 21 heavy (non-hydrogen) atoms. The van der Waals surface area contributed by atoms with Gasteiger partial charge >= 0.3 is 5.91 Å². The van der Waals surface area contributed by atoms with Crippen LogP contribution in [0.4, 0.5) is 0 Å². The molecule has 0 saturated carbocycles. The number of para-hydroxylation sites is 1. The van der Waals surface area contributed by atoms with Gasteiger partial charge in [-0.2, -0.15) is 4.99 Å². The molecule has 3 aromatic rings. The fourth-order valence-electron chi connectivity index (χ4n) is 1.97. The van der Waals surface area contributed by atoms with Gasteiger partial charge in [0.1, 0.15) is 0 Å². The molecule has 0 fully saturated rings. The zero-order chi connectivity index (χ0) is 14.7. The molecule has 1 amide bonds. The van der Waals surface area contributed by atoms with E-state index < -0.39 is 5.91 Å². The Morgan fingerprint density at radius 3 is 3.05 bits per heavy atom. The van der Waals surface area contributed by atoms with E-state index in [1.807, 2.05) is 28.8 Å². The van der Waals surface area contributed by atoms with Crippen LogP contribution in [0.5, 0.6) is 0 Å².